The highest BCUT2D eigenvalue weighted by molar-refractivity contribution is 7.20. The number of carbonyl (C=O) groups excluding carboxylic acids is 1. The zero-order valence-corrected chi connectivity index (χ0v) is 17.4. The second-order valence-corrected chi connectivity index (χ2v) is 8.80. The number of likely N-dealkylation sites (tertiary alicyclic amines) is 1. The fourth-order valence-electron chi connectivity index (χ4n) is 4.14. The summed E-state index contributed by atoms with van der Waals surface area (Å²) >= 11 is 1.38. The molecule has 0 aliphatic carbocycles. The Bertz CT molecular complexity index is 901. The Labute approximate surface area is 168 Å². The molecule has 9 heteroatoms. The van der Waals surface area contributed by atoms with E-state index in [2.05, 4.69) is 39.0 Å². The molecule has 1 amide bonds. The van der Waals surface area contributed by atoms with Gasteiger partial charge in [0, 0.05) is 31.7 Å². The molecule has 0 spiro atoms. The van der Waals surface area contributed by atoms with E-state index >= 15 is 0 Å². The van der Waals surface area contributed by atoms with Crippen LogP contribution >= 0.6 is 11.3 Å². The van der Waals surface area contributed by atoms with Gasteiger partial charge in [-0.2, -0.15) is 9.50 Å². The molecule has 0 saturated carbocycles. The van der Waals surface area contributed by atoms with Crippen molar-refractivity contribution in [3.8, 4) is 0 Å². The molecule has 0 aromatic carbocycles. The molecule has 0 radical (unpaired) electrons. The first-order chi connectivity index (χ1) is 13.5. The number of rotatable bonds is 5. The van der Waals surface area contributed by atoms with Gasteiger partial charge in [-0.25, -0.2) is 0 Å². The lowest BCUT2D eigenvalue weighted by molar-refractivity contribution is 0.0933. The average Bonchev–Trinajstić information content (AvgIpc) is 3.32. The van der Waals surface area contributed by atoms with Gasteiger partial charge in [-0.3, -0.25) is 14.5 Å². The van der Waals surface area contributed by atoms with Crippen LogP contribution in [0.1, 0.15) is 50.0 Å². The van der Waals surface area contributed by atoms with Crippen LogP contribution < -0.4 is 15.8 Å². The van der Waals surface area contributed by atoms with Crippen LogP contribution in [0.15, 0.2) is 10.9 Å². The zero-order valence-electron chi connectivity index (χ0n) is 16.6. The van der Waals surface area contributed by atoms with Crippen molar-refractivity contribution in [1.29, 1.82) is 0 Å². The first kappa shape index (κ1) is 19.3. The molecule has 1 atom stereocenters. The van der Waals surface area contributed by atoms with E-state index in [0.29, 0.717) is 17.5 Å². The van der Waals surface area contributed by atoms with Gasteiger partial charge in [0.2, 0.25) is 10.1 Å². The molecule has 2 aliphatic rings. The van der Waals surface area contributed by atoms with Crippen molar-refractivity contribution in [3.05, 3.63) is 22.1 Å². The van der Waals surface area contributed by atoms with E-state index in [-0.39, 0.29) is 11.6 Å². The molecule has 1 N–H and O–H groups in total. The highest BCUT2D eigenvalue weighted by Crippen LogP contribution is 2.27. The maximum atomic E-state index is 12.8. The van der Waals surface area contributed by atoms with E-state index in [9.17, 15) is 9.59 Å². The van der Waals surface area contributed by atoms with Crippen LogP contribution in [0.4, 0.5) is 5.13 Å². The van der Waals surface area contributed by atoms with Gasteiger partial charge in [0.1, 0.15) is 5.69 Å². The number of nitrogens with one attached hydrogen (secondary N) is 1. The summed E-state index contributed by atoms with van der Waals surface area (Å²) in [5.74, 6) is 0.464. The number of hydrogen-bond acceptors (Lipinski definition) is 7. The fourth-order valence-corrected chi connectivity index (χ4v) is 5.10. The van der Waals surface area contributed by atoms with Gasteiger partial charge >= 0.3 is 0 Å². The molecule has 2 fully saturated rings. The first-order valence-corrected chi connectivity index (χ1v) is 11.0. The Kier molecular flexibility index (Phi) is 5.63. The summed E-state index contributed by atoms with van der Waals surface area (Å²) in [4.78, 5) is 34.0. The highest BCUT2D eigenvalue weighted by Gasteiger charge is 2.25. The molecule has 8 nitrogen and oxygen atoms in total. The highest BCUT2D eigenvalue weighted by atomic mass is 32.1. The third-order valence-corrected chi connectivity index (χ3v) is 6.90. The van der Waals surface area contributed by atoms with Gasteiger partial charge < -0.3 is 10.2 Å². The molecule has 152 valence electrons. The maximum absolute atomic E-state index is 12.8. The minimum absolute atomic E-state index is 0.262. The summed E-state index contributed by atoms with van der Waals surface area (Å²) in [5.41, 5.74) is -0.132. The summed E-state index contributed by atoms with van der Waals surface area (Å²) in [5, 5.41) is 8.45. The third-order valence-electron chi connectivity index (χ3n) is 5.93. The number of likely N-dealkylation sites (N-methyl/N-ethyl adjacent to an activating group) is 1. The predicted octanol–water partition coefficient (Wildman–Crippen LogP) is 1.60. The van der Waals surface area contributed by atoms with E-state index in [4.69, 9.17) is 0 Å². The Morgan fingerprint density at radius 1 is 1.29 bits per heavy atom. The van der Waals surface area contributed by atoms with E-state index in [0.717, 1.165) is 62.9 Å². The van der Waals surface area contributed by atoms with Crippen LogP contribution in [0.5, 0.6) is 0 Å². The minimum atomic E-state index is -0.399. The van der Waals surface area contributed by atoms with Crippen molar-refractivity contribution >= 4 is 27.3 Å². The third kappa shape index (κ3) is 3.91. The van der Waals surface area contributed by atoms with Crippen molar-refractivity contribution in [2.24, 2.45) is 5.92 Å². The summed E-state index contributed by atoms with van der Waals surface area (Å²) < 4.78 is 1.53. The van der Waals surface area contributed by atoms with Crippen LogP contribution in [-0.4, -0.2) is 64.2 Å². The SMILES string of the molecule is CCN1CCC[C@@H]1CNC(=O)c1cc(=O)nc2sc(N3CCC(C)CC3)nn12. The predicted molar refractivity (Wildman–Crippen MR) is 110 cm³/mol. The van der Waals surface area contributed by atoms with E-state index in [1.54, 1.807) is 0 Å². The Morgan fingerprint density at radius 2 is 2.07 bits per heavy atom. The average molecular weight is 405 g/mol. The van der Waals surface area contributed by atoms with Gasteiger partial charge in [-0.05, 0) is 44.7 Å². The lowest BCUT2D eigenvalue weighted by Crippen LogP contribution is -2.40. The number of hydrogen-bond donors (Lipinski definition) is 1. The van der Waals surface area contributed by atoms with Crippen LogP contribution in [0.25, 0.3) is 4.96 Å². The van der Waals surface area contributed by atoms with Crippen LogP contribution in [0.3, 0.4) is 0 Å². The van der Waals surface area contributed by atoms with Crippen molar-refractivity contribution in [3.63, 3.8) is 0 Å². The second-order valence-electron chi connectivity index (χ2n) is 7.86. The Hall–Kier alpha value is -2.00. The van der Waals surface area contributed by atoms with Crippen molar-refractivity contribution < 1.29 is 4.79 Å². The number of carbonyl (C=O) groups is 1. The normalized spacial score (nSPS) is 21.5. The first-order valence-electron chi connectivity index (χ1n) is 10.2. The van der Waals surface area contributed by atoms with Crippen molar-refractivity contribution in [1.82, 2.24) is 24.8 Å². The molecule has 2 saturated heterocycles. The van der Waals surface area contributed by atoms with Gasteiger partial charge in [0.05, 0.1) is 0 Å². The standard InChI is InChI=1S/C19H28N6O2S/c1-3-23-8-4-5-14(23)12-20-17(27)15-11-16(26)21-18-25(15)22-19(28-18)24-9-6-13(2)7-10-24/h11,13-14H,3-10,12H2,1-2H3,(H,20,27)/t14-/m1/s1. The lowest BCUT2D eigenvalue weighted by atomic mass is 10.00. The zero-order chi connectivity index (χ0) is 19.7. The summed E-state index contributed by atoms with van der Waals surface area (Å²) in [6, 6.07) is 1.65. The molecule has 2 aromatic rings. The molecule has 2 aromatic heterocycles. The Balaban J connectivity index is 1.54. The van der Waals surface area contributed by atoms with Crippen LogP contribution in [0.2, 0.25) is 0 Å². The number of amides is 1. The minimum Gasteiger partial charge on any atom is -0.349 e. The van der Waals surface area contributed by atoms with Gasteiger partial charge in [-0.15, -0.1) is 5.10 Å². The molecule has 4 rings (SSSR count). The number of anilines is 1. The molecule has 28 heavy (non-hydrogen) atoms. The van der Waals surface area contributed by atoms with Gasteiger partial charge in [0.15, 0.2) is 0 Å². The number of fused-ring (bicyclic) bond motifs is 1. The number of piperidine rings is 1. The van der Waals surface area contributed by atoms with E-state index in [1.165, 1.54) is 21.9 Å². The molecular formula is C19H28N6O2S. The fraction of sp³-hybridized carbons (Fsp3) is 0.684. The van der Waals surface area contributed by atoms with Crippen molar-refractivity contribution in [2.75, 3.05) is 37.6 Å². The van der Waals surface area contributed by atoms with Crippen LogP contribution in [0, 0.1) is 5.92 Å². The van der Waals surface area contributed by atoms with Crippen molar-refractivity contribution in [2.45, 2.75) is 45.6 Å². The molecular weight excluding hydrogens is 376 g/mol. The topological polar surface area (TPSA) is 82.8 Å². The maximum Gasteiger partial charge on any atom is 0.274 e. The van der Waals surface area contributed by atoms with E-state index < -0.39 is 5.56 Å². The number of nitrogens with zero attached hydrogens (tertiary/aromatic N) is 5. The molecule has 4 heterocycles. The molecule has 2 aliphatic heterocycles. The smallest absolute Gasteiger partial charge is 0.274 e. The molecule has 0 bridgehead atoms. The van der Waals surface area contributed by atoms with Crippen LogP contribution in [-0.2, 0) is 0 Å². The summed E-state index contributed by atoms with van der Waals surface area (Å²) in [6.45, 7) is 8.96. The molecule has 0 unspecified atom stereocenters. The Morgan fingerprint density at radius 3 is 2.82 bits per heavy atom. The van der Waals surface area contributed by atoms with Gasteiger partial charge in [0.25, 0.3) is 11.5 Å². The number of aromatic nitrogens is 3. The van der Waals surface area contributed by atoms with E-state index in [1.807, 2.05) is 0 Å². The summed E-state index contributed by atoms with van der Waals surface area (Å²) in [7, 11) is 0. The second kappa shape index (κ2) is 8.16. The lowest BCUT2D eigenvalue weighted by Gasteiger charge is -2.29. The monoisotopic (exact) mass is 404 g/mol. The quantitative estimate of drug-likeness (QED) is 0.815. The summed E-state index contributed by atoms with van der Waals surface area (Å²) in [6.07, 6.45) is 4.51. The largest absolute Gasteiger partial charge is 0.349 e. The van der Waals surface area contributed by atoms with Gasteiger partial charge in [-0.1, -0.05) is 25.2 Å².